The zero-order valence-electron chi connectivity index (χ0n) is 17.8. The van der Waals surface area contributed by atoms with Gasteiger partial charge in [0.15, 0.2) is 18.1 Å². The number of amides is 3. The lowest BCUT2D eigenvalue weighted by atomic mass is 10.1. The topological polar surface area (TPSA) is 94.2 Å². The summed E-state index contributed by atoms with van der Waals surface area (Å²) in [7, 11) is 0. The molecule has 0 aromatic heterocycles. The number of carbonyl (C=O) groups is 3. The fourth-order valence-corrected chi connectivity index (χ4v) is 4.86. The third-order valence-corrected chi connectivity index (χ3v) is 6.57. The summed E-state index contributed by atoms with van der Waals surface area (Å²) in [6.45, 7) is 0.291. The third-order valence-electron chi connectivity index (χ3n) is 5.67. The smallest absolute Gasteiger partial charge is 0.293 e. The van der Waals surface area contributed by atoms with Crippen LogP contribution in [-0.2, 0) is 22.4 Å². The fraction of sp³-hybridized carbons (Fsp3) is 0.292. The maximum atomic E-state index is 12.7. The van der Waals surface area contributed by atoms with E-state index < -0.39 is 0 Å². The van der Waals surface area contributed by atoms with Gasteiger partial charge in [-0.15, -0.1) is 0 Å². The number of hydrogen-bond donors (Lipinski definition) is 1. The number of carbonyl (C=O) groups excluding carboxylic acids is 3. The number of nitrogens with zero attached hydrogens (tertiary/aromatic N) is 1. The molecule has 1 saturated heterocycles. The Labute approximate surface area is 194 Å². The van der Waals surface area contributed by atoms with Crippen LogP contribution >= 0.6 is 11.8 Å². The summed E-state index contributed by atoms with van der Waals surface area (Å²) in [4.78, 5) is 38.5. The molecule has 8 nitrogen and oxygen atoms in total. The molecule has 0 unspecified atom stereocenters. The Morgan fingerprint density at radius 1 is 1.09 bits per heavy atom. The van der Waals surface area contributed by atoms with Gasteiger partial charge in [0.25, 0.3) is 17.1 Å². The Balaban J connectivity index is 1.10. The fourth-order valence-electron chi connectivity index (χ4n) is 3.99. The van der Waals surface area contributed by atoms with Crippen molar-refractivity contribution in [3.05, 3.63) is 58.0 Å². The van der Waals surface area contributed by atoms with Gasteiger partial charge >= 0.3 is 0 Å². The van der Waals surface area contributed by atoms with E-state index in [1.54, 1.807) is 24.3 Å². The molecule has 1 fully saturated rings. The Kier molecular flexibility index (Phi) is 5.95. The predicted octanol–water partition coefficient (Wildman–Crippen LogP) is 3.14. The van der Waals surface area contributed by atoms with Gasteiger partial charge in [-0.3, -0.25) is 19.3 Å². The Morgan fingerprint density at radius 3 is 2.85 bits per heavy atom. The van der Waals surface area contributed by atoms with Crippen LogP contribution in [-0.4, -0.2) is 48.4 Å². The van der Waals surface area contributed by atoms with E-state index in [1.807, 2.05) is 18.2 Å². The van der Waals surface area contributed by atoms with E-state index in [1.165, 1.54) is 11.1 Å². The Bertz CT molecular complexity index is 1160. The van der Waals surface area contributed by atoms with E-state index in [0.717, 1.165) is 41.5 Å². The lowest BCUT2D eigenvalue weighted by Gasteiger charge is -2.13. The second-order valence-corrected chi connectivity index (χ2v) is 8.86. The highest BCUT2D eigenvalue weighted by Gasteiger charge is 2.34. The molecule has 9 heteroatoms. The molecule has 33 heavy (non-hydrogen) atoms. The molecule has 0 radical (unpaired) electrons. The molecule has 0 saturated carbocycles. The van der Waals surface area contributed by atoms with E-state index in [9.17, 15) is 14.4 Å². The van der Waals surface area contributed by atoms with Crippen LogP contribution in [0.4, 0.5) is 4.79 Å². The highest BCUT2D eigenvalue weighted by atomic mass is 32.2. The monoisotopic (exact) mass is 466 g/mol. The van der Waals surface area contributed by atoms with Crippen LogP contribution < -0.4 is 19.5 Å². The number of rotatable bonds is 7. The van der Waals surface area contributed by atoms with Gasteiger partial charge in [-0.2, -0.15) is 0 Å². The van der Waals surface area contributed by atoms with E-state index in [2.05, 4.69) is 5.32 Å². The summed E-state index contributed by atoms with van der Waals surface area (Å²) < 4.78 is 16.2. The van der Waals surface area contributed by atoms with Crippen molar-refractivity contribution in [2.75, 3.05) is 26.5 Å². The minimum absolute atomic E-state index is 0.0910. The number of aryl methyl sites for hydroxylation is 2. The first-order valence-corrected chi connectivity index (χ1v) is 11.5. The number of nitrogens with one attached hydrogen (secondary N) is 1. The van der Waals surface area contributed by atoms with Crippen molar-refractivity contribution in [1.29, 1.82) is 0 Å². The van der Waals surface area contributed by atoms with E-state index >= 15 is 0 Å². The lowest BCUT2D eigenvalue weighted by molar-refractivity contribution is -0.125. The van der Waals surface area contributed by atoms with Crippen molar-refractivity contribution in [2.45, 2.75) is 19.3 Å². The standard InChI is InChI=1S/C24H22N2O6S/c27-22(13-30-18-6-5-16-2-1-3-17(16)12-18)25-8-9-26-23(28)21(33-24(26)29)11-15-4-7-19-20(10-15)32-14-31-19/h4-7,10-12H,1-3,8-9,13-14H2,(H,25,27)/b21-11+. The summed E-state index contributed by atoms with van der Waals surface area (Å²) >= 11 is 0.875. The van der Waals surface area contributed by atoms with Crippen molar-refractivity contribution >= 4 is 34.9 Å². The van der Waals surface area contributed by atoms with Crippen LogP contribution in [0.15, 0.2) is 41.3 Å². The van der Waals surface area contributed by atoms with Crippen LogP contribution in [0, 0.1) is 0 Å². The summed E-state index contributed by atoms with van der Waals surface area (Å²) in [5, 5.41) is 2.33. The zero-order valence-corrected chi connectivity index (χ0v) is 18.6. The molecule has 5 rings (SSSR count). The number of benzene rings is 2. The Morgan fingerprint density at radius 2 is 1.94 bits per heavy atom. The molecule has 2 aromatic carbocycles. The maximum Gasteiger partial charge on any atom is 0.293 e. The van der Waals surface area contributed by atoms with Crippen molar-refractivity contribution < 1.29 is 28.6 Å². The van der Waals surface area contributed by atoms with Gasteiger partial charge in [0.1, 0.15) is 5.75 Å². The van der Waals surface area contributed by atoms with Gasteiger partial charge in [0, 0.05) is 13.1 Å². The minimum atomic E-state index is -0.383. The average molecular weight is 467 g/mol. The predicted molar refractivity (Wildman–Crippen MR) is 122 cm³/mol. The average Bonchev–Trinajstić information content (AvgIpc) is 3.53. The molecule has 170 valence electrons. The zero-order chi connectivity index (χ0) is 22.8. The van der Waals surface area contributed by atoms with Gasteiger partial charge in [-0.1, -0.05) is 12.1 Å². The Hall–Kier alpha value is -3.46. The number of ether oxygens (including phenoxy) is 3. The quantitative estimate of drug-likeness (QED) is 0.627. The van der Waals surface area contributed by atoms with Crippen molar-refractivity contribution in [1.82, 2.24) is 10.2 Å². The van der Waals surface area contributed by atoms with Crippen molar-refractivity contribution in [2.24, 2.45) is 0 Å². The summed E-state index contributed by atoms with van der Waals surface area (Å²) in [6.07, 6.45) is 4.94. The molecule has 2 aliphatic heterocycles. The molecule has 2 aromatic rings. The van der Waals surface area contributed by atoms with Crippen LogP contribution in [0.3, 0.4) is 0 Å². The molecule has 0 atom stereocenters. The van der Waals surface area contributed by atoms with Gasteiger partial charge in [-0.25, -0.2) is 0 Å². The molecular formula is C24H22N2O6S. The molecule has 2 heterocycles. The first-order chi connectivity index (χ1) is 16.1. The molecule has 1 N–H and O–H groups in total. The van der Waals surface area contributed by atoms with Gasteiger partial charge in [-0.05, 0) is 78.1 Å². The van der Waals surface area contributed by atoms with Crippen molar-refractivity contribution in [3.63, 3.8) is 0 Å². The first-order valence-electron chi connectivity index (χ1n) is 10.7. The first kappa shape index (κ1) is 21.4. The summed E-state index contributed by atoms with van der Waals surface area (Å²) in [6, 6.07) is 11.2. The highest BCUT2D eigenvalue weighted by Crippen LogP contribution is 2.36. The minimum Gasteiger partial charge on any atom is -0.484 e. The lowest BCUT2D eigenvalue weighted by Crippen LogP contribution is -2.38. The second-order valence-electron chi connectivity index (χ2n) is 7.87. The summed E-state index contributed by atoms with van der Waals surface area (Å²) in [5.41, 5.74) is 3.36. The third kappa shape index (κ3) is 4.68. The largest absolute Gasteiger partial charge is 0.484 e. The normalized spacial score (nSPS) is 17.6. The van der Waals surface area contributed by atoms with Crippen LogP contribution in [0.1, 0.15) is 23.1 Å². The number of imide groups is 1. The van der Waals surface area contributed by atoms with E-state index in [0.29, 0.717) is 22.2 Å². The van der Waals surface area contributed by atoms with Gasteiger partial charge in [0.2, 0.25) is 6.79 Å². The maximum absolute atomic E-state index is 12.7. The summed E-state index contributed by atoms with van der Waals surface area (Å²) in [5.74, 6) is 1.24. The number of fused-ring (bicyclic) bond motifs is 2. The van der Waals surface area contributed by atoms with E-state index in [4.69, 9.17) is 14.2 Å². The highest BCUT2D eigenvalue weighted by molar-refractivity contribution is 8.18. The van der Waals surface area contributed by atoms with Gasteiger partial charge < -0.3 is 19.5 Å². The second kappa shape index (κ2) is 9.19. The molecular weight excluding hydrogens is 444 g/mol. The number of hydrogen-bond acceptors (Lipinski definition) is 7. The van der Waals surface area contributed by atoms with Crippen LogP contribution in [0.5, 0.6) is 17.2 Å². The molecule has 3 amide bonds. The van der Waals surface area contributed by atoms with E-state index in [-0.39, 0.29) is 43.5 Å². The van der Waals surface area contributed by atoms with Crippen molar-refractivity contribution in [3.8, 4) is 17.2 Å². The SMILES string of the molecule is O=C(COc1ccc2c(c1)CCC2)NCCN1C(=O)S/C(=C/c2ccc3c(c2)OCO3)C1=O. The van der Waals surface area contributed by atoms with Crippen LogP contribution in [0.2, 0.25) is 0 Å². The molecule has 3 aliphatic rings. The molecule has 1 aliphatic carbocycles. The van der Waals surface area contributed by atoms with Crippen LogP contribution in [0.25, 0.3) is 6.08 Å². The van der Waals surface area contributed by atoms with Gasteiger partial charge in [0.05, 0.1) is 4.91 Å². The molecule has 0 bridgehead atoms. The number of thioether (sulfide) groups is 1. The molecule has 0 spiro atoms.